The third-order valence-electron chi connectivity index (χ3n) is 3.87. The van der Waals surface area contributed by atoms with Crippen LogP contribution in [0.2, 0.25) is 0 Å². The normalized spacial score (nSPS) is 10.4. The summed E-state index contributed by atoms with van der Waals surface area (Å²) in [4.78, 5) is 17.1. The van der Waals surface area contributed by atoms with E-state index in [4.69, 9.17) is 4.74 Å². The standard InChI is InChI=1S/C20H21N3O2S/c1-3-19-23-15(13-26-19)12-21-20(24)17-6-4-5-7-18(17)22-14-8-10-16(25-2)11-9-14/h4-11,13,22H,3,12H2,1-2H3,(H,21,24). The van der Waals surface area contributed by atoms with Crippen LogP contribution in [0, 0.1) is 0 Å². The third kappa shape index (κ3) is 4.40. The van der Waals surface area contributed by atoms with E-state index in [2.05, 4.69) is 22.5 Å². The number of benzene rings is 2. The summed E-state index contributed by atoms with van der Waals surface area (Å²) in [5.74, 6) is 0.656. The van der Waals surface area contributed by atoms with Gasteiger partial charge in [0.15, 0.2) is 0 Å². The Bertz CT molecular complexity index is 875. The molecule has 2 aromatic carbocycles. The fraction of sp³-hybridized carbons (Fsp3) is 0.200. The summed E-state index contributed by atoms with van der Waals surface area (Å²) >= 11 is 1.62. The first-order chi connectivity index (χ1) is 12.7. The number of aromatic nitrogens is 1. The van der Waals surface area contributed by atoms with Crippen molar-refractivity contribution in [2.45, 2.75) is 19.9 Å². The largest absolute Gasteiger partial charge is 0.497 e. The molecule has 3 aromatic rings. The number of rotatable bonds is 7. The van der Waals surface area contributed by atoms with Gasteiger partial charge in [-0.05, 0) is 42.8 Å². The first-order valence-electron chi connectivity index (χ1n) is 8.41. The lowest BCUT2D eigenvalue weighted by atomic mass is 10.1. The minimum absolute atomic E-state index is 0.132. The summed E-state index contributed by atoms with van der Waals surface area (Å²) in [6.45, 7) is 2.49. The smallest absolute Gasteiger partial charge is 0.253 e. The van der Waals surface area contributed by atoms with E-state index in [1.165, 1.54) is 0 Å². The molecule has 0 saturated heterocycles. The van der Waals surface area contributed by atoms with Crippen LogP contribution in [0.1, 0.15) is 28.0 Å². The van der Waals surface area contributed by atoms with Gasteiger partial charge in [-0.2, -0.15) is 0 Å². The van der Waals surface area contributed by atoms with Crippen LogP contribution in [0.5, 0.6) is 5.75 Å². The average Bonchev–Trinajstić information content (AvgIpc) is 3.15. The summed E-state index contributed by atoms with van der Waals surface area (Å²) in [6, 6.07) is 15.0. The predicted molar refractivity (Wildman–Crippen MR) is 105 cm³/mol. The number of nitrogens with zero attached hydrogens (tertiary/aromatic N) is 1. The number of hydrogen-bond acceptors (Lipinski definition) is 5. The number of anilines is 2. The minimum atomic E-state index is -0.132. The van der Waals surface area contributed by atoms with E-state index in [0.717, 1.165) is 34.2 Å². The van der Waals surface area contributed by atoms with Crippen LogP contribution in [0.15, 0.2) is 53.9 Å². The third-order valence-corrected chi connectivity index (χ3v) is 4.91. The van der Waals surface area contributed by atoms with Gasteiger partial charge < -0.3 is 15.4 Å². The van der Waals surface area contributed by atoms with Gasteiger partial charge >= 0.3 is 0 Å². The van der Waals surface area contributed by atoms with Crippen LogP contribution in [-0.4, -0.2) is 18.0 Å². The summed E-state index contributed by atoms with van der Waals surface area (Å²) in [7, 11) is 1.63. The fourth-order valence-electron chi connectivity index (χ4n) is 2.48. The number of amides is 1. The number of para-hydroxylation sites is 1. The molecule has 26 heavy (non-hydrogen) atoms. The van der Waals surface area contributed by atoms with Gasteiger partial charge in [-0.15, -0.1) is 11.3 Å². The summed E-state index contributed by atoms with van der Waals surface area (Å²) in [5, 5.41) is 9.29. The second-order valence-electron chi connectivity index (χ2n) is 5.67. The summed E-state index contributed by atoms with van der Waals surface area (Å²) in [5.41, 5.74) is 3.12. The Labute approximate surface area is 157 Å². The Morgan fingerprint density at radius 1 is 1.15 bits per heavy atom. The molecule has 0 aliphatic carbocycles. The average molecular weight is 367 g/mol. The molecule has 0 aliphatic heterocycles. The highest BCUT2D eigenvalue weighted by Gasteiger charge is 2.12. The van der Waals surface area contributed by atoms with Crippen LogP contribution in [0.3, 0.4) is 0 Å². The van der Waals surface area contributed by atoms with Gasteiger partial charge in [-0.3, -0.25) is 4.79 Å². The maximum atomic E-state index is 12.6. The van der Waals surface area contributed by atoms with Gasteiger partial charge in [0.1, 0.15) is 5.75 Å². The minimum Gasteiger partial charge on any atom is -0.497 e. The highest BCUT2D eigenvalue weighted by molar-refractivity contribution is 7.09. The molecule has 0 unspecified atom stereocenters. The van der Waals surface area contributed by atoms with Crippen LogP contribution >= 0.6 is 11.3 Å². The number of nitrogens with one attached hydrogen (secondary N) is 2. The molecular formula is C20H21N3O2S. The highest BCUT2D eigenvalue weighted by Crippen LogP contribution is 2.23. The van der Waals surface area contributed by atoms with Gasteiger partial charge in [0, 0.05) is 11.1 Å². The zero-order valence-electron chi connectivity index (χ0n) is 14.8. The van der Waals surface area contributed by atoms with Gasteiger partial charge in [0.25, 0.3) is 5.91 Å². The van der Waals surface area contributed by atoms with Crippen molar-refractivity contribution >= 4 is 28.6 Å². The Kier molecular flexibility index (Phi) is 5.86. The van der Waals surface area contributed by atoms with Crippen LogP contribution < -0.4 is 15.4 Å². The molecule has 0 aliphatic rings. The molecule has 1 aromatic heterocycles. The molecule has 0 spiro atoms. The van der Waals surface area contributed by atoms with Gasteiger partial charge in [0.2, 0.25) is 0 Å². The van der Waals surface area contributed by atoms with E-state index in [-0.39, 0.29) is 5.91 Å². The quantitative estimate of drug-likeness (QED) is 0.650. The molecule has 6 heteroatoms. The van der Waals surface area contributed by atoms with Crippen LogP contribution in [-0.2, 0) is 13.0 Å². The number of aryl methyl sites for hydroxylation is 1. The number of ether oxygens (including phenoxy) is 1. The molecule has 2 N–H and O–H groups in total. The van der Waals surface area contributed by atoms with E-state index >= 15 is 0 Å². The van der Waals surface area contributed by atoms with Crippen LogP contribution in [0.25, 0.3) is 0 Å². The molecular weight excluding hydrogens is 346 g/mol. The first kappa shape index (κ1) is 17.9. The van der Waals surface area contributed by atoms with Gasteiger partial charge in [-0.1, -0.05) is 19.1 Å². The molecule has 1 heterocycles. The van der Waals surface area contributed by atoms with Crippen molar-refractivity contribution in [2.24, 2.45) is 0 Å². The summed E-state index contributed by atoms with van der Waals surface area (Å²) < 4.78 is 5.17. The van der Waals surface area contributed by atoms with E-state index in [1.807, 2.05) is 47.8 Å². The number of methoxy groups -OCH3 is 1. The Morgan fingerprint density at radius 2 is 1.92 bits per heavy atom. The SMILES string of the molecule is CCc1nc(CNC(=O)c2ccccc2Nc2ccc(OC)cc2)cs1. The van der Waals surface area contributed by atoms with Crippen molar-refractivity contribution in [3.8, 4) is 5.75 Å². The first-order valence-corrected chi connectivity index (χ1v) is 9.29. The predicted octanol–water partition coefficient (Wildman–Crippen LogP) is 4.39. The number of hydrogen-bond donors (Lipinski definition) is 2. The fourth-order valence-corrected chi connectivity index (χ4v) is 3.22. The van der Waals surface area contributed by atoms with Crippen molar-refractivity contribution in [3.05, 3.63) is 70.2 Å². The second-order valence-corrected chi connectivity index (χ2v) is 6.61. The molecule has 1 amide bonds. The molecule has 0 fully saturated rings. The molecule has 0 saturated carbocycles. The molecule has 134 valence electrons. The molecule has 5 nitrogen and oxygen atoms in total. The highest BCUT2D eigenvalue weighted by atomic mass is 32.1. The molecule has 0 atom stereocenters. The van der Waals surface area contributed by atoms with Gasteiger partial charge in [0.05, 0.1) is 35.6 Å². The lowest BCUT2D eigenvalue weighted by molar-refractivity contribution is 0.0951. The zero-order chi connectivity index (χ0) is 18.4. The number of thiazole rings is 1. The number of carbonyl (C=O) groups excluding carboxylic acids is 1. The van der Waals surface area contributed by atoms with Crippen molar-refractivity contribution in [3.63, 3.8) is 0 Å². The van der Waals surface area contributed by atoms with Crippen molar-refractivity contribution in [1.29, 1.82) is 0 Å². The maximum Gasteiger partial charge on any atom is 0.253 e. The Hall–Kier alpha value is -2.86. The zero-order valence-corrected chi connectivity index (χ0v) is 15.6. The van der Waals surface area contributed by atoms with Gasteiger partial charge in [-0.25, -0.2) is 4.98 Å². The Balaban J connectivity index is 1.69. The lowest BCUT2D eigenvalue weighted by Crippen LogP contribution is -2.23. The maximum absolute atomic E-state index is 12.6. The molecule has 0 radical (unpaired) electrons. The van der Waals surface area contributed by atoms with Crippen molar-refractivity contribution < 1.29 is 9.53 Å². The Morgan fingerprint density at radius 3 is 2.62 bits per heavy atom. The molecule has 0 bridgehead atoms. The van der Waals surface area contributed by atoms with E-state index < -0.39 is 0 Å². The van der Waals surface area contributed by atoms with E-state index in [1.54, 1.807) is 24.5 Å². The number of carbonyl (C=O) groups is 1. The van der Waals surface area contributed by atoms with Crippen molar-refractivity contribution in [1.82, 2.24) is 10.3 Å². The summed E-state index contributed by atoms with van der Waals surface area (Å²) in [6.07, 6.45) is 0.910. The van der Waals surface area contributed by atoms with Crippen molar-refractivity contribution in [2.75, 3.05) is 12.4 Å². The lowest BCUT2D eigenvalue weighted by Gasteiger charge is -2.12. The van der Waals surface area contributed by atoms with E-state index in [0.29, 0.717) is 12.1 Å². The monoisotopic (exact) mass is 367 g/mol. The van der Waals surface area contributed by atoms with E-state index in [9.17, 15) is 4.79 Å². The topological polar surface area (TPSA) is 63.2 Å². The molecule has 3 rings (SSSR count). The second kappa shape index (κ2) is 8.49. The van der Waals surface area contributed by atoms with Crippen LogP contribution in [0.4, 0.5) is 11.4 Å².